The summed E-state index contributed by atoms with van der Waals surface area (Å²) in [6.07, 6.45) is 7.40. The molecule has 5 aliphatic rings. The van der Waals surface area contributed by atoms with Crippen LogP contribution in [-0.4, -0.2) is 71.9 Å². The van der Waals surface area contributed by atoms with E-state index in [1.54, 1.807) is 0 Å². The number of nitrogens with zero attached hydrogens (tertiary/aromatic N) is 4. The van der Waals surface area contributed by atoms with Crippen LogP contribution >= 0.6 is 0 Å². The van der Waals surface area contributed by atoms with Crippen molar-refractivity contribution in [2.45, 2.75) is 61.0 Å². The number of sulfone groups is 1. The van der Waals surface area contributed by atoms with E-state index in [2.05, 4.69) is 22.3 Å². The monoisotopic (exact) mass is 481 g/mol. The molecule has 1 aromatic carbocycles. The minimum absolute atomic E-state index is 0.157. The molecule has 0 bridgehead atoms. The third-order valence-electron chi connectivity index (χ3n) is 9.01. The molecule has 3 aliphatic carbocycles. The maximum Gasteiger partial charge on any atom is 0.320 e. The van der Waals surface area contributed by atoms with Crippen LogP contribution < -0.4 is 0 Å². The molecule has 1 N–H and O–H groups in total. The fraction of sp³-hybridized carbons (Fsp3) is 0.640. The maximum absolute atomic E-state index is 12.9. The molecule has 5 fully saturated rings. The minimum atomic E-state index is -3.09. The predicted octanol–water partition coefficient (Wildman–Crippen LogP) is 3.11. The van der Waals surface area contributed by atoms with Crippen LogP contribution in [-0.2, 0) is 14.6 Å². The summed E-state index contributed by atoms with van der Waals surface area (Å²) in [7, 11) is -3.09. The SMILES string of the molecule is CS(=O)(=O)C1(c2ccc(C3CN(C(=O)N4CC5(CC(c6n[nH]c(C7CC7)n6)C5)C4)C3)cc2)CC1. The van der Waals surface area contributed by atoms with Crippen molar-refractivity contribution >= 4 is 15.9 Å². The van der Waals surface area contributed by atoms with Gasteiger partial charge >= 0.3 is 6.03 Å². The van der Waals surface area contributed by atoms with Crippen molar-refractivity contribution < 1.29 is 13.2 Å². The number of hydrogen-bond acceptors (Lipinski definition) is 5. The Balaban J connectivity index is 0.898. The first-order chi connectivity index (χ1) is 16.3. The van der Waals surface area contributed by atoms with Crippen molar-refractivity contribution in [3.8, 4) is 0 Å². The lowest BCUT2D eigenvalue weighted by atomic mass is 9.57. The molecule has 1 spiro atoms. The number of H-pyrrole nitrogens is 1. The molecule has 0 atom stereocenters. The Labute approximate surface area is 200 Å². The second-order valence-electron chi connectivity index (χ2n) is 11.6. The van der Waals surface area contributed by atoms with Gasteiger partial charge in [0.1, 0.15) is 5.82 Å². The average Bonchev–Trinajstić information content (AvgIpc) is 3.63. The third-order valence-corrected chi connectivity index (χ3v) is 11.1. The highest BCUT2D eigenvalue weighted by atomic mass is 32.2. The van der Waals surface area contributed by atoms with E-state index < -0.39 is 14.6 Å². The largest absolute Gasteiger partial charge is 0.323 e. The van der Waals surface area contributed by atoms with Crippen LogP contribution in [0.1, 0.15) is 79.1 Å². The van der Waals surface area contributed by atoms with Crippen molar-refractivity contribution in [3.05, 3.63) is 47.0 Å². The van der Waals surface area contributed by atoms with E-state index in [0.717, 1.165) is 56.2 Å². The van der Waals surface area contributed by atoms with Crippen molar-refractivity contribution in [1.29, 1.82) is 0 Å². The van der Waals surface area contributed by atoms with Crippen LogP contribution in [0.4, 0.5) is 4.79 Å². The molecule has 2 aromatic rings. The molecular weight excluding hydrogens is 450 g/mol. The first-order valence-electron chi connectivity index (χ1n) is 12.5. The number of hydrogen-bond donors (Lipinski definition) is 1. The van der Waals surface area contributed by atoms with Gasteiger partial charge in [-0.15, -0.1) is 0 Å². The third kappa shape index (κ3) is 3.15. The van der Waals surface area contributed by atoms with Gasteiger partial charge in [-0.25, -0.2) is 18.2 Å². The predicted molar refractivity (Wildman–Crippen MR) is 126 cm³/mol. The summed E-state index contributed by atoms with van der Waals surface area (Å²) < 4.78 is 23.6. The lowest BCUT2D eigenvalue weighted by Gasteiger charge is -2.59. The zero-order chi connectivity index (χ0) is 23.3. The van der Waals surface area contributed by atoms with Gasteiger partial charge in [0.05, 0.1) is 4.75 Å². The summed E-state index contributed by atoms with van der Waals surface area (Å²) in [4.78, 5) is 21.6. The summed E-state index contributed by atoms with van der Waals surface area (Å²) in [5, 5.41) is 7.56. The summed E-state index contributed by atoms with van der Waals surface area (Å²) >= 11 is 0. The summed E-state index contributed by atoms with van der Waals surface area (Å²) in [5.41, 5.74) is 2.37. The molecule has 34 heavy (non-hydrogen) atoms. The molecule has 3 saturated carbocycles. The van der Waals surface area contributed by atoms with E-state index in [4.69, 9.17) is 4.98 Å². The standard InChI is InChI=1S/C25H31N5O3S/c1-34(32,33)25(8-9-25)20-6-4-16(5-7-20)19-12-29(13-19)23(31)30-14-24(15-30)10-18(11-24)22-26-21(27-28-22)17-2-3-17/h4-7,17-19H,2-3,8-15H2,1H3,(H,26,27,28). The molecule has 180 valence electrons. The van der Waals surface area contributed by atoms with E-state index in [-0.39, 0.29) is 11.4 Å². The first kappa shape index (κ1) is 20.9. The fourth-order valence-electron chi connectivity index (χ4n) is 6.43. The van der Waals surface area contributed by atoms with E-state index in [0.29, 0.717) is 30.6 Å². The Morgan fingerprint density at radius 2 is 1.68 bits per heavy atom. The van der Waals surface area contributed by atoms with Gasteiger partial charge in [0.25, 0.3) is 0 Å². The molecule has 1 aromatic heterocycles. The Hall–Kier alpha value is -2.42. The van der Waals surface area contributed by atoms with E-state index in [1.165, 1.54) is 24.7 Å². The number of nitrogens with one attached hydrogen (secondary N) is 1. The van der Waals surface area contributed by atoms with Crippen LogP contribution in [0.3, 0.4) is 0 Å². The van der Waals surface area contributed by atoms with Gasteiger partial charge in [-0.2, -0.15) is 5.10 Å². The highest BCUT2D eigenvalue weighted by molar-refractivity contribution is 7.92. The van der Waals surface area contributed by atoms with Crippen molar-refractivity contribution in [3.63, 3.8) is 0 Å². The van der Waals surface area contributed by atoms with E-state index in [9.17, 15) is 13.2 Å². The smallest absolute Gasteiger partial charge is 0.320 e. The summed E-state index contributed by atoms with van der Waals surface area (Å²) in [5.74, 6) is 3.41. The highest BCUT2D eigenvalue weighted by Crippen LogP contribution is 2.56. The number of carbonyl (C=O) groups is 1. The minimum Gasteiger partial charge on any atom is -0.323 e. The van der Waals surface area contributed by atoms with Gasteiger partial charge in [-0.3, -0.25) is 5.10 Å². The quantitative estimate of drug-likeness (QED) is 0.707. The number of amides is 2. The van der Waals surface area contributed by atoms with Crippen LogP contribution in [0.5, 0.6) is 0 Å². The van der Waals surface area contributed by atoms with Gasteiger partial charge in [-0.05, 0) is 49.7 Å². The van der Waals surface area contributed by atoms with Gasteiger partial charge in [0, 0.05) is 55.6 Å². The van der Waals surface area contributed by atoms with Gasteiger partial charge in [0.15, 0.2) is 15.7 Å². The molecule has 2 saturated heterocycles. The van der Waals surface area contributed by atoms with Crippen molar-refractivity contribution in [1.82, 2.24) is 25.0 Å². The summed E-state index contributed by atoms with van der Waals surface area (Å²) in [6.45, 7) is 3.18. The number of aromatic amines is 1. The van der Waals surface area contributed by atoms with Crippen LogP contribution in [0.15, 0.2) is 24.3 Å². The Morgan fingerprint density at radius 1 is 1.00 bits per heavy atom. The molecule has 9 heteroatoms. The molecule has 8 nitrogen and oxygen atoms in total. The first-order valence-corrected chi connectivity index (χ1v) is 14.4. The van der Waals surface area contributed by atoms with Gasteiger partial charge in [-0.1, -0.05) is 24.3 Å². The topological polar surface area (TPSA) is 99.3 Å². The van der Waals surface area contributed by atoms with Gasteiger partial charge < -0.3 is 9.80 Å². The number of benzene rings is 1. The number of rotatable bonds is 5. The molecule has 2 aliphatic heterocycles. The number of urea groups is 1. The molecule has 2 amide bonds. The number of aromatic nitrogens is 3. The number of carbonyl (C=O) groups excluding carboxylic acids is 1. The molecule has 3 heterocycles. The van der Waals surface area contributed by atoms with E-state index >= 15 is 0 Å². The zero-order valence-corrected chi connectivity index (χ0v) is 20.4. The highest BCUT2D eigenvalue weighted by Gasteiger charge is 2.56. The normalized spacial score (nSPS) is 25.6. The van der Waals surface area contributed by atoms with Crippen LogP contribution in [0, 0.1) is 5.41 Å². The zero-order valence-electron chi connectivity index (χ0n) is 19.5. The maximum atomic E-state index is 12.9. The Morgan fingerprint density at radius 3 is 2.26 bits per heavy atom. The lowest BCUT2D eigenvalue weighted by Crippen LogP contribution is -2.67. The fourth-order valence-corrected chi connectivity index (χ4v) is 7.83. The van der Waals surface area contributed by atoms with E-state index in [1.807, 2.05) is 21.9 Å². The van der Waals surface area contributed by atoms with Gasteiger partial charge in [0.2, 0.25) is 0 Å². The summed E-state index contributed by atoms with van der Waals surface area (Å²) in [6, 6.07) is 8.21. The average molecular weight is 482 g/mol. The van der Waals surface area contributed by atoms with Crippen molar-refractivity contribution in [2.75, 3.05) is 32.4 Å². The number of likely N-dealkylation sites (tertiary alicyclic amines) is 2. The Bertz CT molecular complexity index is 1240. The van der Waals surface area contributed by atoms with Crippen LogP contribution in [0.25, 0.3) is 0 Å². The van der Waals surface area contributed by atoms with Crippen LogP contribution in [0.2, 0.25) is 0 Å². The molecular formula is C25H31N5O3S. The molecule has 7 rings (SSSR count). The lowest BCUT2D eigenvalue weighted by molar-refractivity contribution is -0.0601. The molecule has 0 radical (unpaired) electrons. The van der Waals surface area contributed by atoms with Crippen molar-refractivity contribution in [2.24, 2.45) is 5.41 Å². The second kappa shape index (κ2) is 6.83. The molecule has 0 unspecified atom stereocenters. The Kier molecular flexibility index (Phi) is 4.20. The second-order valence-corrected chi connectivity index (χ2v) is 13.9.